The normalized spacial score (nSPS) is 11.9. The summed E-state index contributed by atoms with van der Waals surface area (Å²) in [5.74, 6) is 0.304. The summed E-state index contributed by atoms with van der Waals surface area (Å²) in [6, 6.07) is 22.2. The Bertz CT molecular complexity index is 1050. The number of ether oxygens (including phenoxy) is 2. The Morgan fingerprint density at radius 3 is 2.15 bits per heavy atom. The van der Waals surface area contributed by atoms with E-state index in [1.807, 2.05) is 60.7 Å². The van der Waals surface area contributed by atoms with Crippen LogP contribution in [0, 0.1) is 0 Å². The average Bonchev–Trinajstić information content (AvgIpc) is 2.82. The number of hydrogen-bond acceptors (Lipinski definition) is 5. The molecule has 3 aromatic rings. The van der Waals surface area contributed by atoms with Crippen molar-refractivity contribution in [3.8, 4) is 5.75 Å². The SMILES string of the molecule is CC(C)(C)OC(=O)NC(Cc1ccc(OCc2ccccc2)cn1)C(=O)NCc1ccccc1. The lowest BCUT2D eigenvalue weighted by atomic mass is 10.1. The fraction of sp³-hybridized carbons (Fsp3) is 0.296. The standard InChI is InChI=1S/C27H31N3O4/c1-27(2,3)34-26(32)30-24(25(31)29-17-20-10-6-4-7-11-20)16-22-14-15-23(18-28-22)33-19-21-12-8-5-9-13-21/h4-15,18,24H,16-17,19H2,1-3H3,(H,29,31)(H,30,32). The molecule has 0 aliphatic rings. The molecule has 7 heteroatoms. The van der Waals surface area contributed by atoms with Crippen LogP contribution in [-0.4, -0.2) is 28.6 Å². The minimum Gasteiger partial charge on any atom is -0.487 e. The molecule has 2 N–H and O–H groups in total. The molecular formula is C27H31N3O4. The number of benzene rings is 2. The Hall–Kier alpha value is -3.87. The summed E-state index contributed by atoms with van der Waals surface area (Å²) >= 11 is 0. The van der Waals surface area contributed by atoms with Crippen LogP contribution in [-0.2, 0) is 29.1 Å². The number of rotatable bonds is 9. The first-order valence-corrected chi connectivity index (χ1v) is 11.2. The van der Waals surface area contributed by atoms with Gasteiger partial charge in [0, 0.05) is 18.7 Å². The highest BCUT2D eigenvalue weighted by Gasteiger charge is 2.25. The van der Waals surface area contributed by atoms with Crippen molar-refractivity contribution in [2.24, 2.45) is 0 Å². The molecule has 1 heterocycles. The predicted octanol–water partition coefficient (Wildman–Crippen LogP) is 4.41. The monoisotopic (exact) mass is 461 g/mol. The van der Waals surface area contributed by atoms with Crippen LogP contribution >= 0.6 is 0 Å². The summed E-state index contributed by atoms with van der Waals surface area (Å²) in [6.45, 7) is 6.10. The molecule has 0 bridgehead atoms. The van der Waals surface area contributed by atoms with Crippen LogP contribution in [0.25, 0.3) is 0 Å². The van der Waals surface area contributed by atoms with Crippen molar-refractivity contribution in [1.82, 2.24) is 15.6 Å². The van der Waals surface area contributed by atoms with Gasteiger partial charge in [-0.3, -0.25) is 9.78 Å². The number of carbonyl (C=O) groups is 2. The summed E-state index contributed by atoms with van der Waals surface area (Å²) in [6.07, 6.45) is 1.17. The van der Waals surface area contributed by atoms with E-state index in [0.29, 0.717) is 24.6 Å². The van der Waals surface area contributed by atoms with Crippen molar-refractivity contribution in [1.29, 1.82) is 0 Å². The number of nitrogens with one attached hydrogen (secondary N) is 2. The van der Waals surface area contributed by atoms with Crippen molar-refractivity contribution in [2.75, 3.05) is 0 Å². The fourth-order valence-electron chi connectivity index (χ4n) is 3.13. The first-order valence-electron chi connectivity index (χ1n) is 11.2. The molecule has 1 atom stereocenters. The van der Waals surface area contributed by atoms with Crippen LogP contribution in [0.2, 0.25) is 0 Å². The third-order valence-electron chi connectivity index (χ3n) is 4.78. The average molecular weight is 462 g/mol. The van der Waals surface area contributed by atoms with E-state index in [-0.39, 0.29) is 12.3 Å². The lowest BCUT2D eigenvalue weighted by Gasteiger charge is -2.23. The molecule has 2 amide bonds. The smallest absolute Gasteiger partial charge is 0.408 e. The molecule has 0 saturated heterocycles. The zero-order valence-corrected chi connectivity index (χ0v) is 19.8. The van der Waals surface area contributed by atoms with Gasteiger partial charge >= 0.3 is 6.09 Å². The van der Waals surface area contributed by atoms with Gasteiger partial charge in [0.25, 0.3) is 0 Å². The van der Waals surface area contributed by atoms with E-state index in [2.05, 4.69) is 15.6 Å². The first-order chi connectivity index (χ1) is 16.3. The molecule has 0 spiro atoms. The Morgan fingerprint density at radius 2 is 1.56 bits per heavy atom. The van der Waals surface area contributed by atoms with Gasteiger partial charge < -0.3 is 20.1 Å². The van der Waals surface area contributed by atoms with E-state index in [4.69, 9.17) is 9.47 Å². The largest absolute Gasteiger partial charge is 0.487 e. The fourth-order valence-corrected chi connectivity index (χ4v) is 3.13. The summed E-state index contributed by atoms with van der Waals surface area (Å²) in [4.78, 5) is 29.7. The number of amides is 2. The maximum atomic E-state index is 12.9. The number of nitrogens with zero attached hydrogens (tertiary/aromatic N) is 1. The van der Waals surface area contributed by atoms with Gasteiger partial charge in [-0.15, -0.1) is 0 Å². The van der Waals surface area contributed by atoms with Crippen molar-refractivity contribution in [3.05, 3.63) is 95.8 Å². The van der Waals surface area contributed by atoms with Gasteiger partial charge in [-0.05, 0) is 44.0 Å². The number of pyridine rings is 1. The zero-order valence-electron chi connectivity index (χ0n) is 19.8. The highest BCUT2D eigenvalue weighted by Crippen LogP contribution is 2.14. The third-order valence-corrected chi connectivity index (χ3v) is 4.78. The molecule has 3 rings (SSSR count). The van der Waals surface area contributed by atoms with Crippen LogP contribution in [0.5, 0.6) is 5.75 Å². The highest BCUT2D eigenvalue weighted by molar-refractivity contribution is 5.85. The molecule has 1 unspecified atom stereocenters. The van der Waals surface area contributed by atoms with Gasteiger partial charge in [0.05, 0.1) is 6.20 Å². The second-order valence-corrected chi connectivity index (χ2v) is 8.87. The molecule has 0 aliphatic heterocycles. The second kappa shape index (κ2) is 11.8. The number of aromatic nitrogens is 1. The van der Waals surface area contributed by atoms with Gasteiger partial charge in [-0.2, -0.15) is 0 Å². The van der Waals surface area contributed by atoms with E-state index in [1.54, 1.807) is 39.1 Å². The van der Waals surface area contributed by atoms with Gasteiger partial charge in [0.1, 0.15) is 24.0 Å². The lowest BCUT2D eigenvalue weighted by molar-refractivity contribution is -0.123. The summed E-state index contributed by atoms with van der Waals surface area (Å²) in [5.41, 5.74) is 1.99. The van der Waals surface area contributed by atoms with Crippen molar-refractivity contribution in [2.45, 2.75) is 52.0 Å². The Morgan fingerprint density at radius 1 is 0.912 bits per heavy atom. The minimum atomic E-state index is -0.845. The lowest BCUT2D eigenvalue weighted by Crippen LogP contribution is -2.49. The van der Waals surface area contributed by atoms with Crippen molar-refractivity contribution >= 4 is 12.0 Å². The molecule has 7 nitrogen and oxygen atoms in total. The quantitative estimate of drug-likeness (QED) is 0.493. The molecular weight excluding hydrogens is 430 g/mol. The van der Waals surface area contributed by atoms with E-state index >= 15 is 0 Å². The first kappa shape index (κ1) is 24.8. The van der Waals surface area contributed by atoms with Crippen LogP contribution < -0.4 is 15.4 Å². The summed E-state index contributed by atoms with van der Waals surface area (Å²) < 4.78 is 11.1. The van der Waals surface area contributed by atoms with Gasteiger partial charge in [-0.25, -0.2) is 4.79 Å². The zero-order chi connectivity index (χ0) is 24.4. The molecule has 0 saturated carbocycles. The maximum Gasteiger partial charge on any atom is 0.408 e. The van der Waals surface area contributed by atoms with Crippen molar-refractivity contribution in [3.63, 3.8) is 0 Å². The van der Waals surface area contributed by atoms with Crippen LogP contribution in [0.15, 0.2) is 79.0 Å². The summed E-state index contributed by atoms with van der Waals surface area (Å²) in [7, 11) is 0. The van der Waals surface area contributed by atoms with E-state index < -0.39 is 17.7 Å². The number of alkyl carbamates (subject to hydrolysis) is 1. The molecule has 178 valence electrons. The Labute approximate surface area is 200 Å². The van der Waals surface area contributed by atoms with E-state index in [9.17, 15) is 9.59 Å². The minimum absolute atomic E-state index is 0.207. The van der Waals surface area contributed by atoms with Gasteiger partial charge in [-0.1, -0.05) is 60.7 Å². The number of hydrogen-bond donors (Lipinski definition) is 2. The molecule has 34 heavy (non-hydrogen) atoms. The molecule has 0 fully saturated rings. The predicted molar refractivity (Wildman–Crippen MR) is 130 cm³/mol. The molecule has 2 aromatic carbocycles. The second-order valence-electron chi connectivity index (χ2n) is 8.87. The van der Waals surface area contributed by atoms with Gasteiger partial charge in [0.15, 0.2) is 0 Å². The topological polar surface area (TPSA) is 89.6 Å². The molecule has 0 radical (unpaired) electrons. The van der Waals surface area contributed by atoms with E-state index in [1.165, 1.54) is 0 Å². The molecule has 0 aliphatic carbocycles. The van der Waals surface area contributed by atoms with Crippen LogP contribution in [0.4, 0.5) is 4.79 Å². The summed E-state index contributed by atoms with van der Waals surface area (Å²) in [5, 5.41) is 5.55. The maximum absolute atomic E-state index is 12.9. The van der Waals surface area contributed by atoms with Gasteiger partial charge in [0.2, 0.25) is 5.91 Å². The number of carbonyl (C=O) groups excluding carboxylic acids is 2. The Kier molecular flexibility index (Phi) is 8.62. The van der Waals surface area contributed by atoms with Crippen molar-refractivity contribution < 1.29 is 19.1 Å². The van der Waals surface area contributed by atoms with Crippen LogP contribution in [0.1, 0.15) is 37.6 Å². The van der Waals surface area contributed by atoms with E-state index in [0.717, 1.165) is 11.1 Å². The van der Waals surface area contributed by atoms with Crippen LogP contribution in [0.3, 0.4) is 0 Å². The Balaban J connectivity index is 1.63. The third kappa shape index (κ3) is 8.58. The molecule has 1 aromatic heterocycles. The highest BCUT2D eigenvalue weighted by atomic mass is 16.6.